The van der Waals surface area contributed by atoms with Crippen molar-refractivity contribution in [2.75, 3.05) is 13.7 Å². The van der Waals surface area contributed by atoms with E-state index < -0.39 is 17.3 Å². The lowest BCUT2D eigenvalue weighted by atomic mass is 9.82. The Morgan fingerprint density at radius 3 is 2.47 bits per heavy atom. The molecule has 1 saturated carbocycles. The Bertz CT molecular complexity index is 1150. The van der Waals surface area contributed by atoms with E-state index in [1.54, 1.807) is 37.4 Å². The van der Waals surface area contributed by atoms with Crippen molar-refractivity contribution in [2.24, 2.45) is 5.92 Å². The predicted molar refractivity (Wildman–Crippen MR) is 118 cm³/mol. The summed E-state index contributed by atoms with van der Waals surface area (Å²) >= 11 is 0. The molecule has 0 radical (unpaired) electrons. The first kappa shape index (κ1) is 22.0. The average Bonchev–Trinajstić information content (AvgIpc) is 2.70. The number of carboxylic acids is 1. The molecule has 0 bridgehead atoms. The molecule has 0 aliphatic heterocycles. The number of pyridine rings is 1. The molecule has 1 aromatic heterocycles. The summed E-state index contributed by atoms with van der Waals surface area (Å²) in [5.41, 5.74) is 1.81. The van der Waals surface area contributed by atoms with Crippen molar-refractivity contribution in [2.45, 2.75) is 38.2 Å². The molecule has 7 heteroatoms. The summed E-state index contributed by atoms with van der Waals surface area (Å²) in [5, 5.41) is 20.7. The first-order valence-electron chi connectivity index (χ1n) is 10.5. The number of benzene rings is 2. The Morgan fingerprint density at radius 2 is 1.84 bits per heavy atom. The van der Waals surface area contributed by atoms with Crippen LogP contribution in [-0.4, -0.2) is 41.0 Å². The van der Waals surface area contributed by atoms with E-state index in [1.807, 2.05) is 13.8 Å². The van der Waals surface area contributed by atoms with Crippen molar-refractivity contribution in [3.8, 4) is 22.8 Å². The van der Waals surface area contributed by atoms with Gasteiger partial charge in [0.05, 0.1) is 18.2 Å². The molecule has 0 unspecified atom stereocenters. The maximum absolute atomic E-state index is 13.6. The molecule has 2 aromatic carbocycles. The number of phenolic OH excluding ortho intramolecular Hbond substituents is 1. The Kier molecular flexibility index (Phi) is 5.77. The molecule has 168 valence electrons. The second-order valence-electron chi connectivity index (χ2n) is 8.94. The summed E-state index contributed by atoms with van der Waals surface area (Å²) < 4.78 is 25.2. The molecule has 1 aliphatic rings. The van der Waals surface area contributed by atoms with Crippen molar-refractivity contribution < 1.29 is 28.9 Å². The minimum atomic E-state index is -0.825. The van der Waals surface area contributed by atoms with Crippen LogP contribution in [-0.2, 0) is 14.9 Å². The molecule has 4 rings (SSSR count). The number of aliphatic carboxylic acids is 1. The highest BCUT2D eigenvalue weighted by molar-refractivity contribution is 6.01. The third-order valence-corrected chi connectivity index (χ3v) is 5.95. The molecule has 1 heterocycles. The number of phenols is 1. The van der Waals surface area contributed by atoms with Crippen molar-refractivity contribution in [3.05, 3.63) is 54.0 Å². The third-order valence-electron chi connectivity index (χ3n) is 5.95. The second kappa shape index (κ2) is 8.39. The van der Waals surface area contributed by atoms with Crippen molar-refractivity contribution in [3.63, 3.8) is 0 Å². The van der Waals surface area contributed by atoms with Gasteiger partial charge in [-0.05, 0) is 54.1 Å². The fourth-order valence-corrected chi connectivity index (χ4v) is 4.21. The van der Waals surface area contributed by atoms with Gasteiger partial charge in [-0.25, -0.2) is 9.37 Å². The van der Waals surface area contributed by atoms with Crippen LogP contribution in [0.3, 0.4) is 0 Å². The highest BCUT2D eigenvalue weighted by Gasteiger charge is 2.37. The molecule has 3 aromatic rings. The van der Waals surface area contributed by atoms with Crippen molar-refractivity contribution in [1.82, 2.24) is 4.98 Å². The Hall–Kier alpha value is -3.19. The fourth-order valence-electron chi connectivity index (χ4n) is 4.21. The number of rotatable bonds is 7. The number of carbonyl (C=O) groups is 1. The van der Waals surface area contributed by atoms with E-state index in [9.17, 15) is 19.4 Å². The normalized spacial score (nSPS) is 18.4. The summed E-state index contributed by atoms with van der Waals surface area (Å²) in [4.78, 5) is 16.0. The van der Waals surface area contributed by atoms with Crippen molar-refractivity contribution >= 4 is 16.7 Å². The number of aromatic hydroxyl groups is 1. The average molecular weight is 439 g/mol. The van der Waals surface area contributed by atoms with E-state index >= 15 is 0 Å². The Labute approximate surface area is 185 Å². The summed E-state index contributed by atoms with van der Waals surface area (Å²) in [6, 6.07) is 11.2. The molecule has 1 aliphatic carbocycles. The molecular weight excluding hydrogens is 413 g/mol. The lowest BCUT2D eigenvalue weighted by Crippen LogP contribution is -2.38. The molecule has 1 fully saturated rings. The number of fused-ring (bicyclic) bond motifs is 1. The van der Waals surface area contributed by atoms with Crippen LogP contribution in [0.2, 0.25) is 0 Å². The van der Waals surface area contributed by atoms with E-state index in [0.717, 1.165) is 16.5 Å². The Morgan fingerprint density at radius 1 is 1.16 bits per heavy atom. The van der Waals surface area contributed by atoms with Gasteiger partial charge in [0.2, 0.25) is 5.88 Å². The van der Waals surface area contributed by atoms with Gasteiger partial charge in [-0.15, -0.1) is 0 Å². The first-order chi connectivity index (χ1) is 15.2. The number of methoxy groups -OCH3 is 1. The van der Waals surface area contributed by atoms with E-state index in [1.165, 1.54) is 12.1 Å². The summed E-state index contributed by atoms with van der Waals surface area (Å²) in [7, 11) is 1.62. The number of halogens is 1. The molecule has 0 spiro atoms. The lowest BCUT2D eigenvalue weighted by Gasteiger charge is -2.33. The van der Waals surface area contributed by atoms with E-state index in [0.29, 0.717) is 36.4 Å². The zero-order valence-corrected chi connectivity index (χ0v) is 18.3. The van der Waals surface area contributed by atoms with E-state index in [-0.39, 0.29) is 17.7 Å². The smallest absolute Gasteiger partial charge is 0.306 e. The topological polar surface area (TPSA) is 88.9 Å². The number of aromatic nitrogens is 1. The van der Waals surface area contributed by atoms with Crippen LogP contribution in [0.1, 0.15) is 32.4 Å². The van der Waals surface area contributed by atoms with Crippen LogP contribution in [0.25, 0.3) is 21.9 Å². The van der Waals surface area contributed by atoms with Gasteiger partial charge in [0.25, 0.3) is 0 Å². The number of carboxylic acid groups (broad SMARTS) is 1. The van der Waals surface area contributed by atoms with Crippen LogP contribution in [0, 0.1) is 11.7 Å². The van der Waals surface area contributed by atoms with Crippen LogP contribution in [0.15, 0.2) is 42.5 Å². The molecule has 0 saturated heterocycles. The molecule has 6 nitrogen and oxygen atoms in total. The minimum absolute atomic E-state index is 0.0649. The van der Waals surface area contributed by atoms with Gasteiger partial charge < -0.3 is 19.7 Å². The van der Waals surface area contributed by atoms with Gasteiger partial charge in [0.1, 0.15) is 17.7 Å². The predicted octanol–water partition coefficient (Wildman–Crippen LogP) is 4.91. The van der Waals surface area contributed by atoms with Crippen LogP contribution >= 0.6 is 0 Å². The Balaban J connectivity index is 1.91. The minimum Gasteiger partial charge on any atom is -0.508 e. The summed E-state index contributed by atoms with van der Waals surface area (Å²) in [5.74, 6) is -1.17. The lowest BCUT2D eigenvalue weighted by molar-refractivity contribution is -0.148. The number of nitrogens with zero attached hydrogens (tertiary/aromatic N) is 1. The molecular formula is C25H26FNO5. The molecule has 32 heavy (non-hydrogen) atoms. The zero-order chi connectivity index (χ0) is 23.0. The van der Waals surface area contributed by atoms with Gasteiger partial charge in [-0.3, -0.25) is 4.79 Å². The monoisotopic (exact) mass is 439 g/mol. The highest BCUT2D eigenvalue weighted by atomic mass is 19.1. The summed E-state index contributed by atoms with van der Waals surface area (Å²) in [6.45, 7) is 4.40. The fraction of sp³-hybridized carbons (Fsp3) is 0.360. The van der Waals surface area contributed by atoms with Crippen LogP contribution in [0.5, 0.6) is 11.6 Å². The molecule has 0 amide bonds. The van der Waals surface area contributed by atoms with Crippen LogP contribution < -0.4 is 4.74 Å². The standard InChI is InChI=1S/C25H26FNO5/c1-25(2,13-31-3)22-21(14-4-6-16(26)7-5-14)19-9-8-17(28)12-20(19)23(27-22)32-18-10-15(11-18)24(29)30/h4-9,12,15,18,28H,10-11,13H2,1-3H3,(H,29,30)/t15-,18-. The maximum Gasteiger partial charge on any atom is 0.306 e. The molecule has 0 atom stereocenters. The number of hydrogen-bond acceptors (Lipinski definition) is 5. The molecule has 2 N–H and O–H groups in total. The first-order valence-corrected chi connectivity index (χ1v) is 10.5. The zero-order valence-electron chi connectivity index (χ0n) is 18.3. The van der Waals surface area contributed by atoms with Gasteiger partial charge >= 0.3 is 5.97 Å². The van der Waals surface area contributed by atoms with E-state index in [2.05, 4.69) is 0 Å². The highest BCUT2D eigenvalue weighted by Crippen LogP contribution is 2.43. The van der Waals surface area contributed by atoms with Gasteiger partial charge in [0.15, 0.2) is 0 Å². The number of hydrogen-bond donors (Lipinski definition) is 2. The quantitative estimate of drug-likeness (QED) is 0.544. The van der Waals surface area contributed by atoms with E-state index in [4.69, 9.17) is 14.5 Å². The van der Waals surface area contributed by atoms with Crippen LogP contribution in [0.4, 0.5) is 4.39 Å². The largest absolute Gasteiger partial charge is 0.508 e. The maximum atomic E-state index is 13.6. The second-order valence-corrected chi connectivity index (χ2v) is 8.94. The SMILES string of the molecule is COCC(C)(C)c1nc(O[C@H]2C[C@H](C(=O)O)C2)c2cc(O)ccc2c1-c1ccc(F)cc1. The number of ether oxygens (including phenoxy) is 2. The van der Waals surface area contributed by atoms with Gasteiger partial charge in [0, 0.05) is 23.5 Å². The van der Waals surface area contributed by atoms with Gasteiger partial charge in [-0.2, -0.15) is 0 Å². The van der Waals surface area contributed by atoms with Gasteiger partial charge in [-0.1, -0.05) is 26.0 Å². The summed E-state index contributed by atoms with van der Waals surface area (Å²) in [6.07, 6.45) is 0.561. The third kappa shape index (κ3) is 4.12. The van der Waals surface area contributed by atoms with Crippen molar-refractivity contribution in [1.29, 1.82) is 0 Å².